The molecule has 0 unspecified atom stereocenters. The molecule has 1 aliphatic carbocycles. The summed E-state index contributed by atoms with van der Waals surface area (Å²) in [7, 11) is -3.00. The van der Waals surface area contributed by atoms with Gasteiger partial charge in [-0.05, 0) is 38.0 Å². The number of carbonyl (C=O) groups is 1. The van der Waals surface area contributed by atoms with Gasteiger partial charge >= 0.3 is 0 Å². The molecular formula is C18H27N3O3S. The van der Waals surface area contributed by atoms with Crippen molar-refractivity contribution in [2.75, 3.05) is 24.6 Å². The van der Waals surface area contributed by atoms with Crippen LogP contribution in [0.25, 0.3) is 0 Å². The van der Waals surface area contributed by atoms with Crippen molar-refractivity contribution >= 4 is 15.7 Å². The van der Waals surface area contributed by atoms with E-state index in [-0.39, 0.29) is 23.3 Å². The lowest BCUT2D eigenvalue weighted by Crippen LogP contribution is -2.42. The van der Waals surface area contributed by atoms with Crippen LogP contribution in [0.2, 0.25) is 0 Å². The van der Waals surface area contributed by atoms with Gasteiger partial charge in [-0.15, -0.1) is 0 Å². The standard InChI is InChI=1S/C18H27N3O3S/c22-18(16-6-11-25(23,24)13-16)20-8-4-15(5-9-20)17-19-7-10-21(17)12-14-2-1-3-14/h7,10,14-16H,1-6,8-9,11-13H2/t16-/m1/s1. The zero-order valence-corrected chi connectivity index (χ0v) is 15.5. The third-order valence-electron chi connectivity index (χ3n) is 6.18. The van der Waals surface area contributed by atoms with Gasteiger partial charge in [0.25, 0.3) is 0 Å². The van der Waals surface area contributed by atoms with E-state index in [9.17, 15) is 13.2 Å². The average Bonchev–Trinajstić information content (AvgIpc) is 3.16. The molecule has 2 saturated heterocycles. The van der Waals surface area contributed by atoms with Crippen molar-refractivity contribution in [3.05, 3.63) is 18.2 Å². The molecule has 3 heterocycles. The van der Waals surface area contributed by atoms with Crippen molar-refractivity contribution in [3.8, 4) is 0 Å². The zero-order chi connectivity index (χ0) is 17.4. The Kier molecular flexibility index (Phi) is 4.60. The van der Waals surface area contributed by atoms with E-state index in [0.717, 1.165) is 38.4 Å². The summed E-state index contributed by atoms with van der Waals surface area (Å²) in [6.45, 7) is 2.51. The highest BCUT2D eigenvalue weighted by atomic mass is 32.2. The number of sulfone groups is 1. The Morgan fingerprint density at radius 2 is 1.92 bits per heavy atom. The second kappa shape index (κ2) is 6.74. The van der Waals surface area contributed by atoms with E-state index in [1.807, 2.05) is 11.1 Å². The van der Waals surface area contributed by atoms with Gasteiger partial charge < -0.3 is 9.47 Å². The minimum Gasteiger partial charge on any atom is -0.342 e. The molecule has 0 spiro atoms. The van der Waals surface area contributed by atoms with Crippen LogP contribution in [0.5, 0.6) is 0 Å². The van der Waals surface area contributed by atoms with E-state index >= 15 is 0 Å². The predicted molar refractivity (Wildman–Crippen MR) is 94.9 cm³/mol. The fourth-order valence-corrected chi connectivity index (χ4v) is 6.13. The van der Waals surface area contributed by atoms with Gasteiger partial charge in [0.2, 0.25) is 5.91 Å². The summed E-state index contributed by atoms with van der Waals surface area (Å²) in [5, 5.41) is 0. The Morgan fingerprint density at radius 3 is 2.52 bits per heavy atom. The summed E-state index contributed by atoms with van der Waals surface area (Å²) >= 11 is 0. The molecule has 1 saturated carbocycles. The molecule has 25 heavy (non-hydrogen) atoms. The maximum atomic E-state index is 12.6. The van der Waals surface area contributed by atoms with Gasteiger partial charge in [-0.1, -0.05) is 6.42 Å². The molecule has 4 rings (SSSR count). The normalized spacial score (nSPS) is 27.4. The van der Waals surface area contributed by atoms with E-state index in [0.29, 0.717) is 12.3 Å². The number of piperidine rings is 1. The zero-order valence-electron chi connectivity index (χ0n) is 14.6. The smallest absolute Gasteiger partial charge is 0.226 e. The first kappa shape index (κ1) is 17.1. The van der Waals surface area contributed by atoms with Crippen LogP contribution in [0, 0.1) is 11.8 Å². The van der Waals surface area contributed by atoms with Gasteiger partial charge in [-0.25, -0.2) is 13.4 Å². The topological polar surface area (TPSA) is 72.3 Å². The summed E-state index contributed by atoms with van der Waals surface area (Å²) in [6, 6.07) is 0. The highest BCUT2D eigenvalue weighted by Crippen LogP contribution is 2.32. The molecular weight excluding hydrogens is 338 g/mol. The molecule has 3 aliphatic rings. The van der Waals surface area contributed by atoms with Crippen molar-refractivity contribution in [1.82, 2.24) is 14.5 Å². The van der Waals surface area contributed by atoms with Gasteiger partial charge in [0.1, 0.15) is 5.82 Å². The average molecular weight is 365 g/mol. The van der Waals surface area contributed by atoms with Crippen LogP contribution >= 0.6 is 0 Å². The Balaban J connectivity index is 1.34. The largest absolute Gasteiger partial charge is 0.342 e. The van der Waals surface area contributed by atoms with Gasteiger partial charge in [-0.3, -0.25) is 4.79 Å². The molecule has 2 aliphatic heterocycles. The first-order chi connectivity index (χ1) is 12.0. The molecule has 1 amide bonds. The van der Waals surface area contributed by atoms with Gasteiger partial charge in [0, 0.05) is 37.9 Å². The van der Waals surface area contributed by atoms with Crippen LogP contribution in [0.15, 0.2) is 12.4 Å². The Labute approximate surface area is 149 Å². The number of rotatable bonds is 4. The minimum absolute atomic E-state index is 0.0392. The minimum atomic E-state index is -3.00. The Morgan fingerprint density at radius 1 is 1.16 bits per heavy atom. The number of carbonyl (C=O) groups excluding carboxylic acids is 1. The molecule has 1 aromatic heterocycles. The van der Waals surface area contributed by atoms with Crippen molar-refractivity contribution < 1.29 is 13.2 Å². The molecule has 1 atom stereocenters. The van der Waals surface area contributed by atoms with Crippen LogP contribution in [-0.2, 0) is 21.2 Å². The number of aromatic nitrogens is 2. The predicted octanol–water partition coefficient (Wildman–Crippen LogP) is 1.82. The summed E-state index contributed by atoms with van der Waals surface area (Å²) < 4.78 is 25.5. The summed E-state index contributed by atoms with van der Waals surface area (Å²) in [6.07, 6.45) is 10.3. The van der Waals surface area contributed by atoms with Crippen molar-refractivity contribution in [1.29, 1.82) is 0 Å². The molecule has 1 aromatic rings. The molecule has 7 heteroatoms. The first-order valence-electron chi connectivity index (χ1n) is 9.52. The SMILES string of the molecule is O=C([C@@H]1CCS(=O)(=O)C1)N1CCC(c2nccn2CC2CCC2)CC1. The van der Waals surface area contributed by atoms with Crippen molar-refractivity contribution in [3.63, 3.8) is 0 Å². The number of likely N-dealkylation sites (tertiary alicyclic amines) is 1. The molecule has 0 N–H and O–H groups in total. The maximum absolute atomic E-state index is 12.6. The second-order valence-corrected chi connectivity index (χ2v) is 10.2. The van der Waals surface area contributed by atoms with Crippen LogP contribution in [0.1, 0.15) is 50.3 Å². The van der Waals surface area contributed by atoms with Crippen molar-refractivity contribution in [2.24, 2.45) is 11.8 Å². The summed E-state index contributed by atoms with van der Waals surface area (Å²) in [5.74, 6) is 2.31. The molecule has 3 fully saturated rings. The number of hydrogen-bond acceptors (Lipinski definition) is 4. The van der Waals surface area contributed by atoms with Gasteiger partial charge in [0.15, 0.2) is 9.84 Å². The lowest BCUT2D eigenvalue weighted by molar-refractivity contribution is -0.135. The third kappa shape index (κ3) is 3.61. The lowest BCUT2D eigenvalue weighted by Gasteiger charge is -2.34. The Hall–Kier alpha value is -1.37. The van der Waals surface area contributed by atoms with Crippen LogP contribution in [0.4, 0.5) is 0 Å². The third-order valence-corrected chi connectivity index (χ3v) is 7.95. The highest BCUT2D eigenvalue weighted by molar-refractivity contribution is 7.91. The van der Waals surface area contributed by atoms with Gasteiger partial charge in [0.05, 0.1) is 17.4 Å². The first-order valence-corrected chi connectivity index (χ1v) is 11.3. The molecule has 0 aromatic carbocycles. The van der Waals surface area contributed by atoms with Crippen molar-refractivity contribution in [2.45, 2.75) is 51.0 Å². The van der Waals surface area contributed by atoms with E-state index in [2.05, 4.69) is 15.7 Å². The number of hydrogen-bond donors (Lipinski definition) is 0. The van der Waals surface area contributed by atoms with Gasteiger partial charge in [-0.2, -0.15) is 0 Å². The number of imidazole rings is 1. The number of nitrogens with zero attached hydrogens (tertiary/aromatic N) is 3. The second-order valence-electron chi connectivity index (χ2n) is 7.93. The van der Waals surface area contributed by atoms with E-state index < -0.39 is 9.84 Å². The number of amides is 1. The Bertz CT molecular complexity index is 731. The van der Waals surface area contributed by atoms with Crippen LogP contribution in [-0.4, -0.2) is 53.4 Å². The summed E-state index contributed by atoms with van der Waals surface area (Å²) in [4.78, 5) is 19.1. The van der Waals surface area contributed by atoms with E-state index in [1.54, 1.807) is 0 Å². The van der Waals surface area contributed by atoms with Crippen LogP contribution < -0.4 is 0 Å². The maximum Gasteiger partial charge on any atom is 0.226 e. The molecule has 6 nitrogen and oxygen atoms in total. The van der Waals surface area contributed by atoms with E-state index in [1.165, 1.54) is 25.1 Å². The fraction of sp³-hybridized carbons (Fsp3) is 0.778. The summed E-state index contributed by atoms with van der Waals surface area (Å²) in [5.41, 5.74) is 0. The fourth-order valence-electron chi connectivity index (χ4n) is 4.39. The molecule has 0 radical (unpaired) electrons. The highest BCUT2D eigenvalue weighted by Gasteiger charge is 2.37. The molecule has 0 bridgehead atoms. The lowest BCUT2D eigenvalue weighted by atomic mass is 9.85. The quantitative estimate of drug-likeness (QED) is 0.816. The van der Waals surface area contributed by atoms with E-state index in [4.69, 9.17) is 0 Å². The monoisotopic (exact) mass is 365 g/mol. The van der Waals surface area contributed by atoms with Crippen LogP contribution in [0.3, 0.4) is 0 Å². The molecule has 138 valence electrons.